The van der Waals surface area contributed by atoms with Crippen LogP contribution in [0.2, 0.25) is 5.15 Å². The fraction of sp³-hybridized carbons (Fsp3) is 0.273. The number of thiazole rings is 1. The molecule has 0 aliphatic carbocycles. The van der Waals surface area contributed by atoms with Gasteiger partial charge in [-0.05, 0) is 26.0 Å². The SMILES string of the molecule is Cc1ccc(C(C)Nc2nc(Cl)c(C#N)s2)s1. The van der Waals surface area contributed by atoms with Gasteiger partial charge in [-0.25, -0.2) is 4.98 Å². The van der Waals surface area contributed by atoms with Crippen LogP contribution in [0, 0.1) is 18.3 Å². The molecule has 0 amide bonds. The van der Waals surface area contributed by atoms with E-state index in [-0.39, 0.29) is 11.2 Å². The normalized spacial score (nSPS) is 12.1. The average molecular weight is 284 g/mol. The van der Waals surface area contributed by atoms with Gasteiger partial charge in [0.05, 0.1) is 6.04 Å². The van der Waals surface area contributed by atoms with Crippen molar-refractivity contribution in [2.45, 2.75) is 19.9 Å². The Kier molecular flexibility index (Phi) is 3.67. The summed E-state index contributed by atoms with van der Waals surface area (Å²) in [7, 11) is 0. The monoisotopic (exact) mass is 283 g/mol. The first kappa shape index (κ1) is 12.4. The predicted molar refractivity (Wildman–Crippen MR) is 72.9 cm³/mol. The molecule has 1 atom stereocenters. The van der Waals surface area contributed by atoms with Gasteiger partial charge in [0.15, 0.2) is 10.3 Å². The average Bonchev–Trinajstić information content (AvgIpc) is 2.85. The zero-order valence-corrected chi connectivity index (χ0v) is 11.7. The fourth-order valence-corrected chi connectivity index (χ4v) is 3.29. The molecule has 88 valence electrons. The molecule has 2 heterocycles. The van der Waals surface area contributed by atoms with E-state index in [0.717, 1.165) is 0 Å². The molecule has 0 aromatic carbocycles. The molecule has 6 heteroatoms. The van der Waals surface area contributed by atoms with Gasteiger partial charge in [0.2, 0.25) is 0 Å². The van der Waals surface area contributed by atoms with Gasteiger partial charge in [-0.1, -0.05) is 22.9 Å². The van der Waals surface area contributed by atoms with Crippen molar-refractivity contribution < 1.29 is 0 Å². The second kappa shape index (κ2) is 5.05. The number of nitrogens with one attached hydrogen (secondary N) is 1. The molecule has 17 heavy (non-hydrogen) atoms. The number of rotatable bonds is 3. The molecule has 0 bridgehead atoms. The maximum Gasteiger partial charge on any atom is 0.185 e. The second-order valence-electron chi connectivity index (χ2n) is 3.57. The smallest absolute Gasteiger partial charge is 0.185 e. The van der Waals surface area contributed by atoms with Crippen LogP contribution in [-0.2, 0) is 0 Å². The first-order chi connectivity index (χ1) is 8.10. The number of thiophene rings is 1. The molecule has 0 spiro atoms. The molecule has 0 fully saturated rings. The highest BCUT2D eigenvalue weighted by Gasteiger charge is 2.12. The number of hydrogen-bond donors (Lipinski definition) is 1. The Labute approximate surface area is 113 Å². The van der Waals surface area contributed by atoms with Crippen LogP contribution in [0.3, 0.4) is 0 Å². The third-order valence-electron chi connectivity index (χ3n) is 2.22. The molecule has 3 nitrogen and oxygen atoms in total. The first-order valence-electron chi connectivity index (χ1n) is 4.99. The molecule has 0 aliphatic heterocycles. The Morgan fingerprint density at radius 3 is 2.76 bits per heavy atom. The van der Waals surface area contributed by atoms with Crippen molar-refractivity contribution in [3.8, 4) is 6.07 Å². The Balaban J connectivity index is 2.13. The summed E-state index contributed by atoms with van der Waals surface area (Å²) in [5, 5.41) is 13.0. The van der Waals surface area contributed by atoms with Crippen LogP contribution >= 0.6 is 34.3 Å². The second-order valence-corrected chi connectivity index (χ2v) is 6.24. The van der Waals surface area contributed by atoms with E-state index in [2.05, 4.69) is 36.3 Å². The molecule has 0 saturated carbocycles. The van der Waals surface area contributed by atoms with Crippen LogP contribution in [0.15, 0.2) is 12.1 Å². The van der Waals surface area contributed by atoms with Gasteiger partial charge in [-0.2, -0.15) is 5.26 Å². The number of hydrogen-bond acceptors (Lipinski definition) is 5. The highest BCUT2D eigenvalue weighted by molar-refractivity contribution is 7.16. The highest BCUT2D eigenvalue weighted by Crippen LogP contribution is 2.30. The van der Waals surface area contributed by atoms with Gasteiger partial charge >= 0.3 is 0 Å². The number of nitriles is 1. The Hall–Kier alpha value is -1.09. The van der Waals surface area contributed by atoms with Gasteiger partial charge in [0, 0.05) is 9.75 Å². The Morgan fingerprint density at radius 1 is 1.47 bits per heavy atom. The molecule has 0 saturated heterocycles. The summed E-state index contributed by atoms with van der Waals surface area (Å²) in [5.74, 6) is 0. The molecule has 1 unspecified atom stereocenters. The van der Waals surface area contributed by atoms with E-state index < -0.39 is 0 Å². The number of halogens is 1. The minimum atomic E-state index is 0.169. The zero-order chi connectivity index (χ0) is 12.4. The van der Waals surface area contributed by atoms with Crippen LogP contribution in [0.5, 0.6) is 0 Å². The number of nitrogens with zero attached hydrogens (tertiary/aromatic N) is 2. The van der Waals surface area contributed by atoms with Crippen molar-refractivity contribution in [1.29, 1.82) is 5.26 Å². The predicted octanol–water partition coefficient (Wildman–Crippen LogP) is 4.21. The zero-order valence-electron chi connectivity index (χ0n) is 9.32. The van der Waals surface area contributed by atoms with E-state index in [9.17, 15) is 0 Å². The molecule has 1 N–H and O–H groups in total. The molecule has 2 aromatic rings. The molecule has 2 aromatic heterocycles. The maximum absolute atomic E-state index is 8.80. The number of anilines is 1. The van der Waals surface area contributed by atoms with Crippen molar-refractivity contribution in [2.75, 3.05) is 5.32 Å². The van der Waals surface area contributed by atoms with Crippen LogP contribution in [-0.4, -0.2) is 4.98 Å². The molecule has 2 rings (SSSR count). The van der Waals surface area contributed by atoms with E-state index in [1.807, 2.05) is 6.07 Å². The molecule has 0 aliphatic rings. The van der Waals surface area contributed by atoms with Crippen LogP contribution in [0.25, 0.3) is 0 Å². The standard InChI is InChI=1S/C11H10ClN3S2/c1-6-3-4-8(16-6)7(2)14-11-15-10(12)9(5-13)17-11/h3-4,7H,1-2H3,(H,14,15). The Morgan fingerprint density at radius 2 is 2.24 bits per heavy atom. The summed E-state index contributed by atoms with van der Waals surface area (Å²) >= 11 is 8.84. The summed E-state index contributed by atoms with van der Waals surface area (Å²) in [5.41, 5.74) is 0. The lowest BCUT2D eigenvalue weighted by molar-refractivity contribution is 0.904. The Bertz CT molecular complexity index is 568. The lowest BCUT2D eigenvalue weighted by Crippen LogP contribution is -2.04. The van der Waals surface area contributed by atoms with Gasteiger partial charge in [-0.3, -0.25) is 0 Å². The van der Waals surface area contributed by atoms with Crippen molar-refractivity contribution in [3.05, 3.63) is 31.9 Å². The van der Waals surface area contributed by atoms with Gasteiger partial charge in [0.1, 0.15) is 10.9 Å². The topological polar surface area (TPSA) is 48.7 Å². The van der Waals surface area contributed by atoms with Crippen molar-refractivity contribution in [3.63, 3.8) is 0 Å². The van der Waals surface area contributed by atoms with E-state index in [1.165, 1.54) is 21.1 Å². The maximum atomic E-state index is 8.80. The van der Waals surface area contributed by atoms with Crippen molar-refractivity contribution in [2.24, 2.45) is 0 Å². The van der Waals surface area contributed by atoms with Crippen LogP contribution in [0.4, 0.5) is 5.13 Å². The molecule has 0 radical (unpaired) electrons. The van der Waals surface area contributed by atoms with E-state index in [0.29, 0.717) is 10.0 Å². The van der Waals surface area contributed by atoms with Crippen LogP contribution < -0.4 is 5.32 Å². The summed E-state index contributed by atoms with van der Waals surface area (Å²) in [6, 6.07) is 6.37. The van der Waals surface area contributed by atoms with Crippen LogP contribution in [0.1, 0.15) is 27.6 Å². The number of aromatic nitrogens is 1. The largest absolute Gasteiger partial charge is 0.354 e. The quantitative estimate of drug-likeness (QED) is 0.918. The highest BCUT2D eigenvalue weighted by atomic mass is 35.5. The van der Waals surface area contributed by atoms with Gasteiger partial charge < -0.3 is 5.32 Å². The van der Waals surface area contributed by atoms with Crippen molar-refractivity contribution >= 4 is 39.4 Å². The molecular weight excluding hydrogens is 274 g/mol. The van der Waals surface area contributed by atoms with Crippen molar-refractivity contribution in [1.82, 2.24) is 4.98 Å². The van der Waals surface area contributed by atoms with E-state index >= 15 is 0 Å². The van der Waals surface area contributed by atoms with Gasteiger partial charge in [0.25, 0.3) is 0 Å². The number of aryl methyl sites for hydroxylation is 1. The lowest BCUT2D eigenvalue weighted by Gasteiger charge is -2.10. The summed E-state index contributed by atoms with van der Waals surface area (Å²) < 4.78 is 0. The minimum absolute atomic E-state index is 0.169. The lowest BCUT2D eigenvalue weighted by atomic mass is 10.3. The van der Waals surface area contributed by atoms with E-state index in [4.69, 9.17) is 16.9 Å². The minimum Gasteiger partial charge on any atom is -0.354 e. The summed E-state index contributed by atoms with van der Waals surface area (Å²) in [6.45, 7) is 4.14. The first-order valence-corrected chi connectivity index (χ1v) is 7.00. The van der Waals surface area contributed by atoms with Gasteiger partial charge in [-0.15, -0.1) is 11.3 Å². The summed E-state index contributed by atoms with van der Waals surface area (Å²) in [4.78, 5) is 7.08. The third kappa shape index (κ3) is 2.78. The van der Waals surface area contributed by atoms with E-state index in [1.54, 1.807) is 11.3 Å². The fourth-order valence-electron chi connectivity index (χ4n) is 1.37. The summed E-state index contributed by atoms with van der Waals surface area (Å²) in [6.07, 6.45) is 0. The third-order valence-corrected chi connectivity index (χ3v) is 4.68. The molecular formula is C11H10ClN3S2.